The molecule has 220 valence electrons. The number of nitrogens with zero attached hydrogens (tertiary/aromatic N) is 2. The van der Waals surface area contributed by atoms with Crippen LogP contribution in [0.3, 0.4) is 0 Å². The number of carbonyl (C=O) groups excluding carboxylic acids is 1. The van der Waals surface area contributed by atoms with Gasteiger partial charge >= 0.3 is 18.1 Å². The lowest BCUT2D eigenvalue weighted by Gasteiger charge is -2.26. The molecule has 0 atom stereocenters. The Morgan fingerprint density at radius 1 is 1.12 bits per heavy atom. The first kappa shape index (κ1) is 30.2. The Kier molecular flexibility index (Phi) is 9.42. The Balaban J connectivity index is 0.000000493. The molecule has 0 spiro atoms. The lowest BCUT2D eigenvalue weighted by Crippen LogP contribution is -2.21. The highest BCUT2D eigenvalue weighted by Crippen LogP contribution is 2.47. The minimum atomic E-state index is -5.08. The topological polar surface area (TPSA) is 81.0 Å². The van der Waals surface area contributed by atoms with Crippen LogP contribution >= 0.6 is 0 Å². The number of hydrogen-bond acceptors (Lipinski definition) is 5. The number of carboxylic acid groups (broad SMARTS) is 1. The number of ether oxygens (including phenoxy) is 2. The number of aromatic nitrogens is 1. The normalized spacial score (nSPS) is 16.6. The second-order valence-electron chi connectivity index (χ2n) is 10.6. The van der Waals surface area contributed by atoms with Gasteiger partial charge in [-0.3, -0.25) is 0 Å². The molecule has 1 fully saturated rings. The van der Waals surface area contributed by atoms with Crippen LogP contribution in [-0.4, -0.2) is 67.0 Å². The van der Waals surface area contributed by atoms with Crippen molar-refractivity contribution in [3.8, 4) is 17.0 Å². The van der Waals surface area contributed by atoms with Crippen molar-refractivity contribution >= 4 is 22.8 Å². The van der Waals surface area contributed by atoms with Gasteiger partial charge in [0.05, 0.1) is 18.4 Å². The molecule has 0 bridgehead atoms. The van der Waals surface area contributed by atoms with Crippen molar-refractivity contribution in [3.05, 3.63) is 65.2 Å². The van der Waals surface area contributed by atoms with Crippen LogP contribution in [0.1, 0.15) is 53.9 Å². The number of para-hydroxylation sites is 1. The fourth-order valence-electron chi connectivity index (χ4n) is 5.52. The number of alkyl halides is 3. The smallest absolute Gasteiger partial charge is 0.488 e. The fourth-order valence-corrected chi connectivity index (χ4v) is 5.52. The molecule has 1 saturated carbocycles. The molecule has 2 aliphatic rings. The first-order valence-corrected chi connectivity index (χ1v) is 13.6. The lowest BCUT2D eigenvalue weighted by atomic mass is 9.81. The van der Waals surface area contributed by atoms with Gasteiger partial charge in [-0.2, -0.15) is 13.2 Å². The standard InChI is InChI=1S/C29H34N2O3.C2HF3O2/c1-30(2)16-15-20-18-31-25-17-22(29(32)33-3)13-14-23(25)27(21-9-5-4-6-10-21)28(31)24-11-7-8-12-26(24)34-19-20;3-2(4,5)1(6)7/h7-8,11-15,17,21H,4-6,9-10,16,18-19H2,1-3H3;(H,6,7). The summed E-state index contributed by atoms with van der Waals surface area (Å²) in [5.41, 5.74) is 6.73. The number of aliphatic carboxylic acids is 1. The Labute approximate surface area is 237 Å². The molecule has 0 saturated heterocycles. The lowest BCUT2D eigenvalue weighted by molar-refractivity contribution is -0.192. The van der Waals surface area contributed by atoms with Crippen LogP contribution in [0.2, 0.25) is 0 Å². The van der Waals surface area contributed by atoms with Gasteiger partial charge in [0.1, 0.15) is 12.4 Å². The molecule has 41 heavy (non-hydrogen) atoms. The number of rotatable bonds is 4. The summed E-state index contributed by atoms with van der Waals surface area (Å²) < 4.78 is 45.6. The molecule has 7 nitrogen and oxygen atoms in total. The Morgan fingerprint density at radius 3 is 2.44 bits per heavy atom. The van der Waals surface area contributed by atoms with Gasteiger partial charge in [-0.15, -0.1) is 0 Å². The van der Waals surface area contributed by atoms with E-state index in [0.717, 1.165) is 29.9 Å². The third-order valence-corrected chi connectivity index (χ3v) is 7.44. The average molecular weight is 573 g/mol. The highest BCUT2D eigenvalue weighted by Gasteiger charge is 2.38. The summed E-state index contributed by atoms with van der Waals surface area (Å²) >= 11 is 0. The van der Waals surface area contributed by atoms with E-state index in [2.05, 4.69) is 53.9 Å². The van der Waals surface area contributed by atoms with Crippen molar-refractivity contribution in [2.75, 3.05) is 34.4 Å². The number of hydrogen-bond donors (Lipinski definition) is 1. The number of halogens is 3. The largest absolute Gasteiger partial charge is 0.490 e. The van der Waals surface area contributed by atoms with Crippen molar-refractivity contribution < 1.29 is 37.3 Å². The number of methoxy groups -OCH3 is 1. The molecule has 2 aromatic carbocycles. The summed E-state index contributed by atoms with van der Waals surface area (Å²) in [5.74, 6) is -1.62. The van der Waals surface area contributed by atoms with Crippen LogP contribution in [0.4, 0.5) is 13.2 Å². The van der Waals surface area contributed by atoms with Crippen LogP contribution in [0.15, 0.2) is 54.1 Å². The highest BCUT2D eigenvalue weighted by molar-refractivity contribution is 5.99. The Hall–Kier alpha value is -3.79. The summed E-state index contributed by atoms with van der Waals surface area (Å²) in [4.78, 5) is 23.5. The number of carboxylic acids is 1. The van der Waals surface area contributed by atoms with E-state index in [4.69, 9.17) is 19.4 Å². The fraction of sp³-hybridized carbons (Fsp3) is 0.419. The monoisotopic (exact) mass is 572 g/mol. The minimum Gasteiger partial charge on any atom is -0.488 e. The van der Waals surface area contributed by atoms with E-state index < -0.39 is 12.1 Å². The molecule has 1 N–H and O–H groups in total. The van der Waals surface area contributed by atoms with Crippen LogP contribution in [0.25, 0.3) is 22.2 Å². The van der Waals surface area contributed by atoms with Crippen LogP contribution in [0.5, 0.6) is 5.75 Å². The molecule has 0 amide bonds. The molecule has 1 aromatic heterocycles. The summed E-state index contributed by atoms with van der Waals surface area (Å²) in [7, 11) is 5.60. The van der Waals surface area contributed by atoms with Gasteiger partial charge < -0.3 is 24.0 Å². The third kappa shape index (κ3) is 6.93. The number of likely N-dealkylation sites (N-methyl/N-ethyl adjacent to an activating group) is 1. The molecule has 0 unspecified atom stereocenters. The molecule has 5 rings (SSSR count). The molecular formula is C31H35F3N2O5. The Morgan fingerprint density at radius 2 is 1.80 bits per heavy atom. The van der Waals surface area contributed by atoms with E-state index in [9.17, 15) is 18.0 Å². The first-order valence-electron chi connectivity index (χ1n) is 13.6. The van der Waals surface area contributed by atoms with E-state index in [1.807, 2.05) is 18.2 Å². The zero-order valence-corrected chi connectivity index (χ0v) is 23.5. The predicted octanol–water partition coefficient (Wildman–Crippen LogP) is 6.66. The van der Waals surface area contributed by atoms with Gasteiger partial charge in [-0.1, -0.05) is 43.5 Å². The van der Waals surface area contributed by atoms with Crippen molar-refractivity contribution in [1.29, 1.82) is 0 Å². The zero-order valence-electron chi connectivity index (χ0n) is 23.5. The van der Waals surface area contributed by atoms with E-state index in [0.29, 0.717) is 18.1 Å². The van der Waals surface area contributed by atoms with Gasteiger partial charge in [0, 0.05) is 29.6 Å². The maximum atomic E-state index is 12.4. The number of benzene rings is 2. The molecule has 3 aromatic rings. The number of carbonyl (C=O) groups is 2. The Bertz CT molecular complexity index is 1440. The van der Waals surface area contributed by atoms with Crippen molar-refractivity contribution in [2.45, 2.75) is 50.7 Å². The van der Waals surface area contributed by atoms with E-state index >= 15 is 0 Å². The van der Waals surface area contributed by atoms with Gasteiger partial charge in [0.2, 0.25) is 0 Å². The maximum Gasteiger partial charge on any atom is 0.490 e. The number of esters is 1. The molecule has 10 heteroatoms. The van der Waals surface area contributed by atoms with Crippen molar-refractivity contribution in [3.63, 3.8) is 0 Å². The van der Waals surface area contributed by atoms with Crippen LogP contribution in [0, 0.1) is 0 Å². The summed E-state index contributed by atoms with van der Waals surface area (Å²) in [6.07, 6.45) is 3.45. The molecule has 1 aliphatic heterocycles. The maximum absolute atomic E-state index is 12.4. The summed E-state index contributed by atoms with van der Waals surface area (Å²) in [6, 6.07) is 14.5. The van der Waals surface area contributed by atoms with Gasteiger partial charge in [-0.25, -0.2) is 9.59 Å². The van der Waals surface area contributed by atoms with Crippen molar-refractivity contribution in [2.24, 2.45) is 0 Å². The van der Waals surface area contributed by atoms with E-state index in [1.54, 1.807) is 0 Å². The molecular weight excluding hydrogens is 537 g/mol. The quantitative estimate of drug-likeness (QED) is 0.278. The predicted molar refractivity (Wildman–Crippen MR) is 150 cm³/mol. The van der Waals surface area contributed by atoms with Gasteiger partial charge in [-0.05, 0) is 68.3 Å². The van der Waals surface area contributed by atoms with Crippen LogP contribution in [-0.2, 0) is 16.1 Å². The summed E-state index contributed by atoms with van der Waals surface area (Å²) in [5, 5.41) is 8.37. The first-order chi connectivity index (χ1) is 19.5. The van der Waals surface area contributed by atoms with E-state index in [-0.39, 0.29) is 5.97 Å². The minimum absolute atomic E-state index is 0.297. The number of fused-ring (bicyclic) bond motifs is 5. The van der Waals surface area contributed by atoms with Gasteiger partial charge in [0.25, 0.3) is 0 Å². The SMILES string of the molecule is COC(=O)c1ccc2c(C3CCCCC3)c3n(c2c1)CC(=CCN(C)C)COc1ccccc1-3.O=C(O)C(F)(F)F. The second kappa shape index (κ2) is 12.8. The van der Waals surface area contributed by atoms with E-state index in [1.165, 1.54) is 61.4 Å². The van der Waals surface area contributed by atoms with Gasteiger partial charge in [0.15, 0.2) is 0 Å². The van der Waals surface area contributed by atoms with Crippen LogP contribution < -0.4 is 4.74 Å². The second-order valence-corrected chi connectivity index (χ2v) is 10.6. The molecule has 0 radical (unpaired) electrons. The van der Waals surface area contributed by atoms with Crippen molar-refractivity contribution in [1.82, 2.24) is 9.47 Å². The zero-order chi connectivity index (χ0) is 29.7. The highest BCUT2D eigenvalue weighted by atomic mass is 19.4. The molecule has 2 heterocycles. The third-order valence-electron chi connectivity index (χ3n) is 7.44. The molecule has 1 aliphatic carbocycles. The summed E-state index contributed by atoms with van der Waals surface area (Å²) in [6.45, 7) is 2.16. The average Bonchev–Trinajstić information content (AvgIpc) is 3.25.